The standard InChI is InChI=1S/C20H18FN5O2/c1-20(2,21)11-28-17-4-3-12(8-24-17)14-6-16-15(5-13(7-22)18(23)27)10-26-19(16)25-9-14/h3-6,8-10H,11H2,1-2H3,(H2,23,27)(H,25,26)/b13-5+. The van der Waals surface area contributed by atoms with Crippen molar-refractivity contribution in [3.63, 3.8) is 0 Å². The molecule has 0 saturated heterocycles. The number of nitrogens with two attached hydrogens (primary N) is 1. The van der Waals surface area contributed by atoms with Gasteiger partial charge in [-0.3, -0.25) is 4.79 Å². The Kier molecular flexibility index (Phi) is 5.09. The van der Waals surface area contributed by atoms with Gasteiger partial charge in [-0.1, -0.05) is 0 Å². The highest BCUT2D eigenvalue weighted by Crippen LogP contribution is 2.26. The van der Waals surface area contributed by atoms with E-state index in [1.807, 2.05) is 6.07 Å². The largest absolute Gasteiger partial charge is 0.474 e. The van der Waals surface area contributed by atoms with Crippen molar-refractivity contribution in [3.8, 4) is 23.1 Å². The summed E-state index contributed by atoms with van der Waals surface area (Å²) in [6, 6.07) is 7.10. The number of amides is 1. The van der Waals surface area contributed by atoms with Crippen molar-refractivity contribution < 1.29 is 13.9 Å². The molecular formula is C20H18FN5O2. The van der Waals surface area contributed by atoms with Gasteiger partial charge in [0.1, 0.15) is 29.6 Å². The van der Waals surface area contributed by atoms with Crippen molar-refractivity contribution >= 4 is 23.0 Å². The molecule has 0 unspecified atom stereocenters. The van der Waals surface area contributed by atoms with E-state index in [1.54, 1.807) is 36.8 Å². The van der Waals surface area contributed by atoms with Crippen molar-refractivity contribution in [1.82, 2.24) is 15.0 Å². The normalized spacial score (nSPS) is 12.0. The predicted molar refractivity (Wildman–Crippen MR) is 103 cm³/mol. The third-order valence-electron chi connectivity index (χ3n) is 3.88. The van der Waals surface area contributed by atoms with Crippen LogP contribution in [0.5, 0.6) is 5.88 Å². The van der Waals surface area contributed by atoms with Gasteiger partial charge in [0.25, 0.3) is 5.91 Å². The number of nitrogens with one attached hydrogen (secondary N) is 1. The zero-order valence-electron chi connectivity index (χ0n) is 15.4. The summed E-state index contributed by atoms with van der Waals surface area (Å²) >= 11 is 0. The molecule has 0 atom stereocenters. The molecule has 3 heterocycles. The molecule has 8 heteroatoms. The number of carbonyl (C=O) groups is 1. The summed E-state index contributed by atoms with van der Waals surface area (Å²) in [7, 11) is 0. The van der Waals surface area contributed by atoms with E-state index in [1.165, 1.54) is 19.9 Å². The summed E-state index contributed by atoms with van der Waals surface area (Å²) in [5.74, 6) is -0.467. The monoisotopic (exact) mass is 379 g/mol. The predicted octanol–water partition coefficient (Wildman–Crippen LogP) is 3.14. The number of halogens is 1. The maximum atomic E-state index is 13.5. The Bertz CT molecular complexity index is 1090. The minimum atomic E-state index is -1.44. The Morgan fingerprint density at radius 1 is 1.36 bits per heavy atom. The number of aromatic nitrogens is 3. The van der Waals surface area contributed by atoms with Crippen LogP contribution >= 0.6 is 0 Å². The Balaban J connectivity index is 1.91. The van der Waals surface area contributed by atoms with Crippen LogP contribution in [0.1, 0.15) is 19.4 Å². The summed E-state index contributed by atoms with van der Waals surface area (Å²) in [6.45, 7) is 2.77. The summed E-state index contributed by atoms with van der Waals surface area (Å²) < 4.78 is 18.9. The molecule has 3 rings (SSSR count). The second kappa shape index (κ2) is 7.48. The highest BCUT2D eigenvalue weighted by atomic mass is 19.1. The molecule has 3 aromatic heterocycles. The number of nitrogens with zero attached hydrogens (tertiary/aromatic N) is 3. The number of H-pyrrole nitrogens is 1. The maximum Gasteiger partial charge on any atom is 0.259 e. The number of nitriles is 1. The Morgan fingerprint density at radius 2 is 2.11 bits per heavy atom. The van der Waals surface area contributed by atoms with Crippen LogP contribution in [0, 0.1) is 11.3 Å². The molecule has 7 nitrogen and oxygen atoms in total. The van der Waals surface area contributed by atoms with Gasteiger partial charge < -0.3 is 15.5 Å². The van der Waals surface area contributed by atoms with Crippen LogP contribution in [-0.4, -0.2) is 33.1 Å². The smallest absolute Gasteiger partial charge is 0.259 e. The molecule has 0 spiro atoms. The SMILES string of the molecule is CC(C)(F)COc1ccc(-c2cnc3[nH]cc(/C=C(\C#N)C(N)=O)c3c2)cn1. The van der Waals surface area contributed by atoms with Crippen LogP contribution in [0.25, 0.3) is 28.2 Å². The molecule has 0 saturated carbocycles. The van der Waals surface area contributed by atoms with Crippen LogP contribution in [0.15, 0.2) is 42.4 Å². The number of primary amides is 1. The first-order chi connectivity index (χ1) is 13.3. The zero-order valence-corrected chi connectivity index (χ0v) is 15.4. The molecule has 0 radical (unpaired) electrons. The van der Waals surface area contributed by atoms with Crippen LogP contribution in [0.3, 0.4) is 0 Å². The maximum absolute atomic E-state index is 13.5. The van der Waals surface area contributed by atoms with Gasteiger partial charge in [0.2, 0.25) is 5.88 Å². The van der Waals surface area contributed by atoms with E-state index in [9.17, 15) is 9.18 Å². The third kappa shape index (κ3) is 4.32. The van der Waals surface area contributed by atoms with Crippen molar-refractivity contribution in [2.45, 2.75) is 19.5 Å². The lowest BCUT2D eigenvalue weighted by atomic mass is 10.1. The fourth-order valence-corrected chi connectivity index (χ4v) is 2.50. The molecule has 0 aliphatic carbocycles. The van der Waals surface area contributed by atoms with Crippen LogP contribution < -0.4 is 10.5 Å². The Labute approximate surface area is 160 Å². The van der Waals surface area contributed by atoms with E-state index in [4.69, 9.17) is 15.7 Å². The van der Waals surface area contributed by atoms with Crippen LogP contribution in [-0.2, 0) is 4.79 Å². The van der Waals surface area contributed by atoms with Gasteiger partial charge in [0, 0.05) is 46.7 Å². The number of hydrogen-bond donors (Lipinski definition) is 2. The number of aromatic amines is 1. The molecule has 0 aliphatic heterocycles. The van der Waals surface area contributed by atoms with Crippen molar-refractivity contribution in [3.05, 3.63) is 47.9 Å². The molecular weight excluding hydrogens is 361 g/mol. The van der Waals surface area contributed by atoms with Crippen LogP contribution in [0.2, 0.25) is 0 Å². The molecule has 0 fully saturated rings. The summed E-state index contributed by atoms with van der Waals surface area (Å²) in [5.41, 5.74) is 6.40. The van der Waals surface area contributed by atoms with E-state index < -0.39 is 11.6 Å². The molecule has 1 amide bonds. The van der Waals surface area contributed by atoms with E-state index in [0.29, 0.717) is 17.1 Å². The number of hydrogen-bond acceptors (Lipinski definition) is 5. The van der Waals surface area contributed by atoms with Gasteiger partial charge in [0.15, 0.2) is 0 Å². The van der Waals surface area contributed by atoms with Gasteiger partial charge in [0.05, 0.1) is 0 Å². The van der Waals surface area contributed by atoms with E-state index in [2.05, 4.69) is 15.0 Å². The lowest BCUT2D eigenvalue weighted by molar-refractivity contribution is -0.114. The molecule has 3 aromatic rings. The minimum Gasteiger partial charge on any atom is -0.474 e. The first kappa shape index (κ1) is 19.0. The van der Waals surface area contributed by atoms with Gasteiger partial charge in [-0.25, -0.2) is 14.4 Å². The number of carbonyl (C=O) groups excluding carboxylic acids is 1. The topological polar surface area (TPSA) is 118 Å². The van der Waals surface area contributed by atoms with E-state index >= 15 is 0 Å². The van der Waals surface area contributed by atoms with Crippen molar-refractivity contribution in [2.75, 3.05) is 6.61 Å². The number of rotatable bonds is 6. The lowest BCUT2D eigenvalue weighted by Gasteiger charge is -2.14. The average Bonchev–Trinajstić information content (AvgIpc) is 3.06. The number of pyridine rings is 2. The molecule has 28 heavy (non-hydrogen) atoms. The third-order valence-corrected chi connectivity index (χ3v) is 3.88. The Morgan fingerprint density at radius 3 is 2.71 bits per heavy atom. The fourth-order valence-electron chi connectivity index (χ4n) is 2.50. The first-order valence-corrected chi connectivity index (χ1v) is 8.44. The molecule has 0 bridgehead atoms. The summed E-state index contributed by atoms with van der Waals surface area (Å²) in [5, 5.41) is 9.76. The van der Waals surface area contributed by atoms with Gasteiger partial charge in [-0.05, 0) is 32.1 Å². The summed E-state index contributed by atoms with van der Waals surface area (Å²) in [4.78, 5) is 22.8. The molecule has 0 aromatic carbocycles. The van der Waals surface area contributed by atoms with E-state index in [0.717, 1.165) is 16.5 Å². The highest BCUT2D eigenvalue weighted by Gasteiger charge is 2.16. The van der Waals surface area contributed by atoms with Crippen molar-refractivity contribution in [2.24, 2.45) is 5.73 Å². The second-order valence-electron chi connectivity index (χ2n) is 6.79. The highest BCUT2D eigenvalue weighted by molar-refractivity contribution is 6.03. The van der Waals surface area contributed by atoms with Gasteiger partial charge in [-0.2, -0.15) is 5.26 Å². The number of fused-ring (bicyclic) bond motifs is 1. The number of ether oxygens (including phenoxy) is 1. The van der Waals surface area contributed by atoms with Crippen LogP contribution in [0.4, 0.5) is 4.39 Å². The van der Waals surface area contributed by atoms with Gasteiger partial charge in [-0.15, -0.1) is 0 Å². The Hall–Kier alpha value is -3.73. The van der Waals surface area contributed by atoms with E-state index in [-0.39, 0.29) is 12.2 Å². The molecule has 142 valence electrons. The van der Waals surface area contributed by atoms with Crippen molar-refractivity contribution in [1.29, 1.82) is 5.26 Å². The first-order valence-electron chi connectivity index (χ1n) is 8.44. The molecule has 3 N–H and O–H groups in total. The number of alkyl halides is 1. The fraction of sp³-hybridized carbons (Fsp3) is 0.200. The quantitative estimate of drug-likeness (QED) is 0.504. The minimum absolute atomic E-state index is 0.0903. The zero-order chi connectivity index (χ0) is 20.3. The average molecular weight is 379 g/mol. The lowest BCUT2D eigenvalue weighted by Crippen LogP contribution is -2.22. The second-order valence-corrected chi connectivity index (χ2v) is 6.79. The molecule has 0 aliphatic rings. The van der Waals surface area contributed by atoms with Gasteiger partial charge >= 0.3 is 0 Å². The summed E-state index contributed by atoms with van der Waals surface area (Å²) in [6.07, 6.45) is 6.35.